The van der Waals surface area contributed by atoms with Gasteiger partial charge in [-0.2, -0.15) is 9.97 Å². The third-order valence-electron chi connectivity index (χ3n) is 2.10. The van der Waals surface area contributed by atoms with Gasteiger partial charge in [0, 0.05) is 5.02 Å². The van der Waals surface area contributed by atoms with Crippen molar-refractivity contribution in [1.82, 2.24) is 9.97 Å². The Morgan fingerprint density at radius 3 is 2.56 bits per heavy atom. The molecule has 0 saturated carbocycles. The third-order valence-corrected chi connectivity index (χ3v) is 2.64. The van der Waals surface area contributed by atoms with Gasteiger partial charge in [-0.25, -0.2) is 0 Å². The van der Waals surface area contributed by atoms with Gasteiger partial charge in [0.1, 0.15) is 12.1 Å². The summed E-state index contributed by atoms with van der Waals surface area (Å²) in [5.41, 5.74) is 5.98. The van der Waals surface area contributed by atoms with Crippen LogP contribution in [0.25, 0.3) is 0 Å². The molecule has 94 valence electrons. The lowest BCUT2D eigenvalue weighted by Crippen LogP contribution is -2.00. The summed E-state index contributed by atoms with van der Waals surface area (Å²) in [5, 5.41) is 0.875. The number of benzene rings is 1. The number of hydrogen-bond donors (Lipinski definition) is 1. The van der Waals surface area contributed by atoms with E-state index in [2.05, 4.69) is 9.97 Å². The zero-order valence-corrected chi connectivity index (χ0v) is 10.9. The van der Waals surface area contributed by atoms with E-state index in [1.807, 2.05) is 0 Å². The summed E-state index contributed by atoms with van der Waals surface area (Å²) >= 11 is 11.8. The molecule has 0 amide bonds. The Kier molecular flexibility index (Phi) is 3.74. The molecule has 2 N–H and O–H groups in total. The van der Waals surface area contributed by atoms with Crippen molar-refractivity contribution in [2.24, 2.45) is 0 Å². The van der Waals surface area contributed by atoms with Crippen LogP contribution in [-0.2, 0) is 0 Å². The van der Waals surface area contributed by atoms with E-state index >= 15 is 0 Å². The van der Waals surface area contributed by atoms with Crippen molar-refractivity contribution in [1.29, 1.82) is 0 Å². The van der Waals surface area contributed by atoms with Crippen LogP contribution in [0.3, 0.4) is 0 Å². The fourth-order valence-electron chi connectivity index (χ4n) is 1.27. The van der Waals surface area contributed by atoms with Crippen LogP contribution >= 0.6 is 23.2 Å². The van der Waals surface area contributed by atoms with Gasteiger partial charge in [-0.3, -0.25) is 0 Å². The van der Waals surface area contributed by atoms with E-state index in [1.54, 1.807) is 18.2 Å². The van der Waals surface area contributed by atoms with Crippen LogP contribution in [0.15, 0.2) is 24.5 Å². The number of nitrogen functional groups attached to an aromatic ring is 1. The minimum absolute atomic E-state index is 0.172. The number of ether oxygens (including phenoxy) is 2. The molecule has 0 unspecified atom stereocenters. The van der Waals surface area contributed by atoms with Gasteiger partial charge in [-0.05, 0) is 18.2 Å². The predicted molar refractivity (Wildman–Crippen MR) is 69.5 cm³/mol. The van der Waals surface area contributed by atoms with E-state index in [0.717, 1.165) is 0 Å². The Balaban J connectivity index is 2.34. The number of aromatic nitrogens is 2. The van der Waals surface area contributed by atoms with E-state index in [1.165, 1.54) is 13.4 Å². The Morgan fingerprint density at radius 2 is 1.89 bits per heavy atom. The molecule has 2 aromatic rings. The molecule has 0 saturated heterocycles. The molecule has 18 heavy (non-hydrogen) atoms. The van der Waals surface area contributed by atoms with E-state index in [0.29, 0.717) is 15.8 Å². The molecule has 0 spiro atoms. The minimum atomic E-state index is 0.172. The lowest BCUT2D eigenvalue weighted by Gasteiger charge is -2.10. The fraction of sp³-hybridized carbons (Fsp3) is 0.0909. The molecule has 0 aliphatic rings. The van der Waals surface area contributed by atoms with Crippen molar-refractivity contribution in [2.75, 3.05) is 12.8 Å². The molecule has 1 heterocycles. The van der Waals surface area contributed by atoms with Crippen molar-refractivity contribution in [2.45, 2.75) is 0 Å². The number of nitrogens with two attached hydrogens (primary N) is 1. The topological polar surface area (TPSA) is 70.3 Å². The first-order chi connectivity index (χ1) is 8.61. The Hall–Kier alpha value is -1.72. The molecule has 0 atom stereocenters. The normalized spacial score (nSPS) is 10.2. The third kappa shape index (κ3) is 2.57. The van der Waals surface area contributed by atoms with Crippen LogP contribution in [0, 0.1) is 0 Å². The number of halogens is 2. The van der Waals surface area contributed by atoms with Crippen molar-refractivity contribution in [3.63, 3.8) is 0 Å². The number of hydrogen-bond acceptors (Lipinski definition) is 5. The largest absolute Gasteiger partial charge is 0.479 e. The smallest absolute Gasteiger partial charge is 0.249 e. The summed E-state index contributed by atoms with van der Waals surface area (Å²) < 4.78 is 10.5. The number of nitrogens with zero attached hydrogens (tertiary/aromatic N) is 2. The first-order valence-electron chi connectivity index (χ1n) is 4.89. The highest BCUT2D eigenvalue weighted by molar-refractivity contribution is 6.35. The highest BCUT2D eigenvalue weighted by Crippen LogP contribution is 2.34. The van der Waals surface area contributed by atoms with Crippen LogP contribution in [0.2, 0.25) is 10.0 Å². The monoisotopic (exact) mass is 285 g/mol. The second-order valence-electron chi connectivity index (χ2n) is 3.28. The SMILES string of the molecule is COc1ncnc(Oc2ccc(Cl)cc2Cl)c1N. The zero-order valence-electron chi connectivity index (χ0n) is 9.35. The van der Waals surface area contributed by atoms with Gasteiger partial charge >= 0.3 is 0 Å². The van der Waals surface area contributed by atoms with Gasteiger partial charge in [-0.15, -0.1) is 0 Å². The molecule has 1 aromatic carbocycles. The summed E-state index contributed by atoms with van der Waals surface area (Å²) in [5.74, 6) is 0.810. The van der Waals surface area contributed by atoms with Gasteiger partial charge in [0.05, 0.1) is 12.1 Å². The summed E-state index contributed by atoms with van der Waals surface area (Å²) in [4.78, 5) is 7.76. The molecule has 7 heteroatoms. The van der Waals surface area contributed by atoms with Crippen LogP contribution in [0.1, 0.15) is 0 Å². The molecule has 0 aliphatic heterocycles. The van der Waals surface area contributed by atoms with Crippen LogP contribution < -0.4 is 15.2 Å². The lowest BCUT2D eigenvalue weighted by atomic mass is 10.3. The molecule has 0 aliphatic carbocycles. The van der Waals surface area contributed by atoms with Gasteiger partial charge < -0.3 is 15.2 Å². The molecule has 1 aromatic heterocycles. The van der Waals surface area contributed by atoms with Gasteiger partial charge in [0.15, 0.2) is 5.69 Å². The van der Waals surface area contributed by atoms with Crippen LogP contribution in [0.5, 0.6) is 17.5 Å². The number of rotatable bonds is 3. The Labute approximate surface area is 113 Å². The molecule has 2 rings (SSSR count). The molecule has 0 bridgehead atoms. The van der Waals surface area contributed by atoms with E-state index in [9.17, 15) is 0 Å². The quantitative estimate of drug-likeness (QED) is 0.938. The van der Waals surface area contributed by atoms with E-state index < -0.39 is 0 Å². The average Bonchev–Trinajstić information content (AvgIpc) is 2.35. The highest BCUT2D eigenvalue weighted by Gasteiger charge is 2.12. The van der Waals surface area contributed by atoms with Gasteiger partial charge in [-0.1, -0.05) is 23.2 Å². The zero-order chi connectivity index (χ0) is 13.1. The molecular weight excluding hydrogens is 277 g/mol. The summed E-state index contributed by atoms with van der Waals surface area (Å²) in [6, 6.07) is 4.84. The maximum Gasteiger partial charge on any atom is 0.249 e. The van der Waals surface area contributed by atoms with Gasteiger partial charge in [0.25, 0.3) is 0 Å². The summed E-state index contributed by atoms with van der Waals surface area (Å²) in [6.07, 6.45) is 1.29. The summed E-state index contributed by atoms with van der Waals surface area (Å²) in [7, 11) is 1.46. The van der Waals surface area contributed by atoms with E-state index in [4.69, 9.17) is 38.4 Å². The first kappa shape index (κ1) is 12.7. The average molecular weight is 286 g/mol. The van der Waals surface area contributed by atoms with Crippen molar-refractivity contribution >= 4 is 28.9 Å². The molecule has 5 nitrogen and oxygen atoms in total. The van der Waals surface area contributed by atoms with Crippen molar-refractivity contribution in [3.8, 4) is 17.5 Å². The van der Waals surface area contributed by atoms with Crippen molar-refractivity contribution < 1.29 is 9.47 Å². The maximum absolute atomic E-state index is 5.98. The van der Waals surface area contributed by atoms with Crippen LogP contribution in [0.4, 0.5) is 5.69 Å². The van der Waals surface area contributed by atoms with E-state index in [-0.39, 0.29) is 17.4 Å². The second kappa shape index (κ2) is 5.29. The van der Waals surface area contributed by atoms with Crippen LogP contribution in [-0.4, -0.2) is 17.1 Å². The number of methoxy groups -OCH3 is 1. The molecular formula is C11H9Cl2N3O2. The fourth-order valence-corrected chi connectivity index (χ4v) is 1.72. The lowest BCUT2D eigenvalue weighted by molar-refractivity contribution is 0.391. The first-order valence-corrected chi connectivity index (χ1v) is 5.64. The minimum Gasteiger partial charge on any atom is -0.479 e. The summed E-state index contributed by atoms with van der Waals surface area (Å²) in [6.45, 7) is 0. The van der Waals surface area contributed by atoms with Crippen molar-refractivity contribution in [3.05, 3.63) is 34.6 Å². The Morgan fingerprint density at radius 1 is 1.17 bits per heavy atom. The predicted octanol–water partition coefficient (Wildman–Crippen LogP) is 3.17. The highest BCUT2D eigenvalue weighted by atomic mass is 35.5. The Bertz CT molecular complexity index is 578. The molecule has 0 radical (unpaired) electrons. The number of anilines is 1. The van der Waals surface area contributed by atoms with Gasteiger partial charge in [0.2, 0.25) is 11.8 Å². The maximum atomic E-state index is 5.98. The molecule has 0 fully saturated rings. The standard InChI is InChI=1S/C11H9Cl2N3O2/c1-17-10-9(14)11(16-5-15-10)18-8-3-2-6(12)4-7(8)13/h2-5H,14H2,1H3. The second-order valence-corrected chi connectivity index (χ2v) is 4.12.